The summed E-state index contributed by atoms with van der Waals surface area (Å²) >= 11 is 0. The summed E-state index contributed by atoms with van der Waals surface area (Å²) < 4.78 is 40.2. The minimum Gasteiger partial charge on any atom is -0.375 e. The van der Waals surface area contributed by atoms with Crippen LogP contribution in [0.1, 0.15) is 5.56 Å². The van der Waals surface area contributed by atoms with E-state index in [1.54, 1.807) is 25.1 Å². The van der Waals surface area contributed by atoms with Crippen LogP contribution >= 0.6 is 0 Å². The summed E-state index contributed by atoms with van der Waals surface area (Å²) in [7, 11) is 6.28. The third-order valence-electron chi connectivity index (χ3n) is 4.79. The van der Waals surface area contributed by atoms with E-state index in [4.69, 9.17) is 0 Å². The molecule has 2 N–H and O–H groups in total. The predicted octanol–water partition coefficient (Wildman–Crippen LogP) is 1.77. The quantitative estimate of drug-likeness (QED) is 0.615. The zero-order chi connectivity index (χ0) is 23.8. The Balaban J connectivity index is 1.89. The van der Waals surface area contributed by atoms with E-state index in [-0.39, 0.29) is 29.0 Å². The van der Waals surface area contributed by atoms with Gasteiger partial charge < -0.3 is 15.5 Å². The Morgan fingerprint density at radius 1 is 1.09 bits per heavy atom. The number of pyridine rings is 1. The van der Waals surface area contributed by atoms with Gasteiger partial charge in [0.2, 0.25) is 5.91 Å². The van der Waals surface area contributed by atoms with Gasteiger partial charge in [-0.1, -0.05) is 0 Å². The molecule has 0 aliphatic heterocycles. The average molecular weight is 450 g/mol. The monoisotopic (exact) mass is 450 g/mol. The maximum absolute atomic E-state index is 12.7. The van der Waals surface area contributed by atoms with Gasteiger partial charge in [0.25, 0.3) is 5.56 Å². The Labute approximate surface area is 180 Å². The standard InChI is InChI=1S/C20H21F3N6O3/c1-27(2)14-9-13(16-17(26-14)28(3)19(32)29(4)18(16)31)24-10-15(30)25-12-7-5-11(6-8-12)20(21,22)23/h5-9H,10H2,1-4H3,(H,24,26)(H,25,30). The number of anilines is 3. The van der Waals surface area contributed by atoms with E-state index in [0.29, 0.717) is 5.82 Å². The first-order valence-electron chi connectivity index (χ1n) is 9.39. The number of aromatic nitrogens is 3. The topological polar surface area (TPSA) is 101 Å². The molecule has 3 rings (SSSR count). The van der Waals surface area contributed by atoms with Gasteiger partial charge in [0, 0.05) is 39.9 Å². The van der Waals surface area contributed by atoms with Crippen molar-refractivity contribution >= 4 is 34.1 Å². The summed E-state index contributed by atoms with van der Waals surface area (Å²) in [6, 6.07) is 5.61. The van der Waals surface area contributed by atoms with Crippen LogP contribution in [0.15, 0.2) is 39.9 Å². The van der Waals surface area contributed by atoms with Crippen LogP contribution in [-0.2, 0) is 25.1 Å². The Bertz CT molecular complexity index is 1290. The van der Waals surface area contributed by atoms with E-state index in [1.165, 1.54) is 18.7 Å². The van der Waals surface area contributed by atoms with Gasteiger partial charge in [-0.15, -0.1) is 0 Å². The first kappa shape index (κ1) is 22.8. The van der Waals surface area contributed by atoms with E-state index in [9.17, 15) is 27.6 Å². The lowest BCUT2D eigenvalue weighted by atomic mass is 10.2. The molecule has 1 amide bonds. The zero-order valence-corrected chi connectivity index (χ0v) is 17.7. The molecule has 12 heteroatoms. The molecule has 0 radical (unpaired) electrons. The molecule has 2 aromatic heterocycles. The number of amides is 1. The Morgan fingerprint density at radius 2 is 1.72 bits per heavy atom. The van der Waals surface area contributed by atoms with E-state index in [2.05, 4.69) is 15.6 Å². The summed E-state index contributed by atoms with van der Waals surface area (Å²) in [6.07, 6.45) is -4.47. The third-order valence-corrected chi connectivity index (χ3v) is 4.79. The number of carbonyl (C=O) groups is 1. The Kier molecular flexibility index (Phi) is 5.97. The summed E-state index contributed by atoms with van der Waals surface area (Å²) in [4.78, 5) is 43.4. The van der Waals surface area contributed by atoms with Gasteiger partial charge in [0.05, 0.1) is 17.8 Å². The molecular weight excluding hydrogens is 429 g/mol. The number of aryl methyl sites for hydroxylation is 1. The molecule has 0 unspecified atom stereocenters. The van der Waals surface area contributed by atoms with E-state index >= 15 is 0 Å². The lowest BCUT2D eigenvalue weighted by molar-refractivity contribution is -0.137. The molecule has 170 valence electrons. The summed E-state index contributed by atoms with van der Waals surface area (Å²) in [5.74, 6) is -0.0887. The van der Waals surface area contributed by atoms with Gasteiger partial charge in [-0.05, 0) is 24.3 Å². The molecule has 9 nitrogen and oxygen atoms in total. The molecule has 0 bridgehead atoms. The maximum atomic E-state index is 12.7. The van der Waals surface area contributed by atoms with Crippen LogP contribution in [0.3, 0.4) is 0 Å². The highest BCUT2D eigenvalue weighted by Gasteiger charge is 2.30. The second kappa shape index (κ2) is 8.36. The lowest BCUT2D eigenvalue weighted by Gasteiger charge is -2.17. The Hall–Kier alpha value is -3.83. The van der Waals surface area contributed by atoms with Gasteiger partial charge in [0.1, 0.15) is 11.2 Å². The number of rotatable bonds is 5. The second-order valence-electron chi connectivity index (χ2n) is 7.30. The van der Waals surface area contributed by atoms with Crippen molar-refractivity contribution in [1.29, 1.82) is 0 Å². The van der Waals surface area contributed by atoms with Crippen LogP contribution in [0.5, 0.6) is 0 Å². The smallest absolute Gasteiger partial charge is 0.375 e. The van der Waals surface area contributed by atoms with Crippen LogP contribution in [0.25, 0.3) is 11.0 Å². The fourth-order valence-electron chi connectivity index (χ4n) is 3.03. The fraction of sp³-hybridized carbons (Fsp3) is 0.300. The summed E-state index contributed by atoms with van der Waals surface area (Å²) in [5, 5.41) is 5.48. The van der Waals surface area contributed by atoms with Gasteiger partial charge in [-0.25, -0.2) is 9.78 Å². The molecule has 3 aromatic rings. The molecule has 0 fully saturated rings. The molecular formula is C20H21F3N6O3. The van der Waals surface area contributed by atoms with Gasteiger partial charge in [0.15, 0.2) is 5.65 Å². The molecule has 1 aromatic carbocycles. The molecule has 0 aliphatic rings. The third kappa shape index (κ3) is 4.43. The number of nitrogens with zero attached hydrogens (tertiary/aromatic N) is 4. The number of benzene rings is 1. The van der Waals surface area contributed by atoms with E-state index in [1.807, 2.05) is 0 Å². The number of fused-ring (bicyclic) bond motifs is 1. The van der Waals surface area contributed by atoms with Crippen molar-refractivity contribution in [3.05, 3.63) is 56.7 Å². The minimum absolute atomic E-state index is 0.127. The van der Waals surface area contributed by atoms with Crippen molar-refractivity contribution in [3.8, 4) is 0 Å². The first-order chi connectivity index (χ1) is 14.9. The number of halogens is 3. The summed E-state index contributed by atoms with van der Waals surface area (Å²) in [6.45, 7) is -0.279. The fourth-order valence-corrected chi connectivity index (χ4v) is 3.03. The highest BCUT2D eigenvalue weighted by atomic mass is 19.4. The van der Waals surface area contributed by atoms with Crippen LogP contribution in [0.4, 0.5) is 30.4 Å². The van der Waals surface area contributed by atoms with Crippen molar-refractivity contribution in [1.82, 2.24) is 14.1 Å². The molecule has 0 saturated carbocycles. The van der Waals surface area contributed by atoms with E-state index < -0.39 is 28.9 Å². The second-order valence-corrected chi connectivity index (χ2v) is 7.30. The SMILES string of the molecule is CN(C)c1cc(NCC(=O)Nc2ccc(C(F)(F)F)cc2)c2c(=O)n(C)c(=O)n(C)c2n1. The highest BCUT2D eigenvalue weighted by molar-refractivity contribution is 5.96. The first-order valence-corrected chi connectivity index (χ1v) is 9.39. The number of hydrogen-bond donors (Lipinski definition) is 2. The van der Waals surface area contributed by atoms with E-state index in [0.717, 1.165) is 28.8 Å². The van der Waals surface area contributed by atoms with Crippen molar-refractivity contribution in [3.63, 3.8) is 0 Å². The van der Waals surface area contributed by atoms with Crippen LogP contribution in [-0.4, -0.2) is 40.7 Å². The van der Waals surface area contributed by atoms with Crippen molar-refractivity contribution in [2.24, 2.45) is 14.1 Å². The highest BCUT2D eigenvalue weighted by Crippen LogP contribution is 2.29. The molecule has 32 heavy (non-hydrogen) atoms. The molecule has 0 spiro atoms. The predicted molar refractivity (Wildman–Crippen MR) is 115 cm³/mol. The van der Waals surface area contributed by atoms with Gasteiger partial charge >= 0.3 is 11.9 Å². The maximum Gasteiger partial charge on any atom is 0.416 e. The number of carbonyl (C=O) groups excluding carboxylic acids is 1. The van der Waals surface area contributed by atoms with Crippen molar-refractivity contribution in [2.45, 2.75) is 6.18 Å². The van der Waals surface area contributed by atoms with Crippen LogP contribution in [0, 0.1) is 0 Å². The molecule has 0 aliphatic carbocycles. The molecule has 2 heterocycles. The van der Waals surface area contributed by atoms with Crippen molar-refractivity contribution in [2.75, 3.05) is 36.2 Å². The molecule has 0 saturated heterocycles. The largest absolute Gasteiger partial charge is 0.416 e. The average Bonchev–Trinajstić information content (AvgIpc) is 2.73. The van der Waals surface area contributed by atoms with Crippen LogP contribution < -0.4 is 26.8 Å². The van der Waals surface area contributed by atoms with Crippen molar-refractivity contribution < 1.29 is 18.0 Å². The zero-order valence-electron chi connectivity index (χ0n) is 17.7. The molecule has 0 atom stereocenters. The number of alkyl halides is 3. The Morgan fingerprint density at radius 3 is 2.28 bits per heavy atom. The van der Waals surface area contributed by atoms with Gasteiger partial charge in [-0.3, -0.25) is 18.7 Å². The summed E-state index contributed by atoms with van der Waals surface area (Å²) in [5.41, 5.74) is -1.32. The normalized spacial score (nSPS) is 11.5. The number of hydrogen-bond acceptors (Lipinski definition) is 6. The lowest BCUT2D eigenvalue weighted by Crippen LogP contribution is -2.38. The van der Waals surface area contributed by atoms with Gasteiger partial charge in [-0.2, -0.15) is 13.2 Å². The number of nitrogens with one attached hydrogen (secondary N) is 2. The van der Waals surface area contributed by atoms with Crippen LogP contribution in [0.2, 0.25) is 0 Å². The minimum atomic E-state index is -4.47.